The topological polar surface area (TPSA) is 56.5 Å². The van der Waals surface area contributed by atoms with Crippen molar-refractivity contribution >= 4 is 22.9 Å². The highest BCUT2D eigenvalue weighted by Crippen LogP contribution is 2.20. The molecule has 4 heteroatoms. The third kappa shape index (κ3) is 2.19. The molecule has 1 aromatic heterocycles. The van der Waals surface area contributed by atoms with Gasteiger partial charge in [-0.3, -0.25) is 0 Å². The molecule has 98 valence electrons. The van der Waals surface area contributed by atoms with Crippen molar-refractivity contribution in [2.45, 2.75) is 0 Å². The highest BCUT2D eigenvalue weighted by atomic mass is 16.6. The van der Waals surface area contributed by atoms with Crippen LogP contribution in [-0.4, -0.2) is 11.9 Å². The Kier molecular flexibility index (Phi) is 3.05. The van der Waals surface area contributed by atoms with Crippen LogP contribution in [0.2, 0.25) is 0 Å². The van der Waals surface area contributed by atoms with E-state index in [1.807, 2.05) is 0 Å². The van der Waals surface area contributed by atoms with Gasteiger partial charge >= 0.3 is 11.9 Å². The highest BCUT2D eigenvalue weighted by molar-refractivity contribution is 6.08. The molecule has 0 atom stereocenters. The number of carbonyl (C=O) groups excluding carboxylic acids is 2. The summed E-state index contributed by atoms with van der Waals surface area (Å²) in [4.78, 5) is 23.9. The van der Waals surface area contributed by atoms with E-state index in [2.05, 4.69) is 0 Å². The Morgan fingerprint density at radius 3 is 2.45 bits per heavy atom. The Morgan fingerprint density at radius 1 is 0.850 bits per heavy atom. The third-order valence-corrected chi connectivity index (χ3v) is 2.91. The van der Waals surface area contributed by atoms with Gasteiger partial charge in [-0.1, -0.05) is 24.3 Å². The average Bonchev–Trinajstić information content (AvgIpc) is 2.96. The number of carbonyl (C=O) groups is 2. The van der Waals surface area contributed by atoms with E-state index in [1.54, 1.807) is 54.6 Å². The molecule has 0 radical (unpaired) electrons. The molecule has 2 aromatic carbocycles. The monoisotopic (exact) mass is 266 g/mol. The van der Waals surface area contributed by atoms with Crippen LogP contribution in [0, 0.1) is 0 Å². The molecule has 0 N–H and O–H groups in total. The van der Waals surface area contributed by atoms with E-state index in [4.69, 9.17) is 9.15 Å². The smallest absolute Gasteiger partial charge is 0.346 e. The van der Waals surface area contributed by atoms with Crippen LogP contribution < -0.4 is 0 Å². The molecular weight excluding hydrogens is 256 g/mol. The molecule has 3 rings (SSSR count). The number of esters is 2. The van der Waals surface area contributed by atoms with Crippen LogP contribution in [0.5, 0.6) is 0 Å². The Bertz CT molecular complexity index is 771. The van der Waals surface area contributed by atoms with Crippen molar-refractivity contribution < 1.29 is 18.7 Å². The summed E-state index contributed by atoms with van der Waals surface area (Å²) >= 11 is 0. The molecule has 0 bridgehead atoms. The number of ether oxygens (including phenoxy) is 1. The Labute approximate surface area is 114 Å². The lowest BCUT2D eigenvalue weighted by Gasteiger charge is -2.03. The fraction of sp³-hybridized carbons (Fsp3) is 0. The molecular formula is C16H10O4. The second-order valence-corrected chi connectivity index (χ2v) is 4.18. The fourth-order valence-electron chi connectivity index (χ4n) is 1.94. The van der Waals surface area contributed by atoms with Crippen molar-refractivity contribution in [2.75, 3.05) is 0 Å². The first-order valence-electron chi connectivity index (χ1n) is 6.03. The van der Waals surface area contributed by atoms with Gasteiger partial charge < -0.3 is 9.15 Å². The molecule has 0 unspecified atom stereocenters. The number of fused-ring (bicyclic) bond motifs is 1. The molecule has 3 aromatic rings. The summed E-state index contributed by atoms with van der Waals surface area (Å²) in [5.41, 5.74) is 1.22. The van der Waals surface area contributed by atoms with E-state index >= 15 is 0 Å². The average molecular weight is 266 g/mol. The molecule has 4 nitrogen and oxygen atoms in total. The summed E-state index contributed by atoms with van der Waals surface area (Å²) in [6, 6.07) is 15.1. The summed E-state index contributed by atoms with van der Waals surface area (Å²) in [7, 11) is 0. The molecule has 1 heterocycles. The molecule has 0 spiro atoms. The minimum atomic E-state index is -0.689. The van der Waals surface area contributed by atoms with Crippen LogP contribution in [-0.2, 0) is 4.74 Å². The standard InChI is InChI=1S/C16H10O4/c17-15(11-5-2-1-3-6-11)20-16(18)13-7-4-8-14-12(13)9-10-19-14/h1-10H. The molecule has 0 aliphatic rings. The summed E-state index contributed by atoms with van der Waals surface area (Å²) < 4.78 is 10.1. The fourth-order valence-corrected chi connectivity index (χ4v) is 1.94. The Hall–Kier alpha value is -2.88. The predicted molar refractivity (Wildman–Crippen MR) is 72.4 cm³/mol. The number of hydrogen-bond acceptors (Lipinski definition) is 4. The van der Waals surface area contributed by atoms with Crippen LogP contribution in [0.4, 0.5) is 0 Å². The first-order valence-corrected chi connectivity index (χ1v) is 6.03. The number of furan rings is 1. The first kappa shape index (κ1) is 12.2. The molecule has 0 saturated carbocycles. The molecule has 0 aliphatic carbocycles. The van der Waals surface area contributed by atoms with Crippen molar-refractivity contribution in [1.29, 1.82) is 0 Å². The normalized spacial score (nSPS) is 10.4. The highest BCUT2D eigenvalue weighted by Gasteiger charge is 2.17. The number of rotatable bonds is 2. The molecule has 20 heavy (non-hydrogen) atoms. The summed E-state index contributed by atoms with van der Waals surface area (Å²) in [5.74, 6) is -1.36. The largest absolute Gasteiger partial charge is 0.464 e. The zero-order valence-electron chi connectivity index (χ0n) is 10.4. The van der Waals surface area contributed by atoms with Crippen LogP contribution in [0.3, 0.4) is 0 Å². The maximum absolute atomic E-state index is 12.1. The van der Waals surface area contributed by atoms with Crippen molar-refractivity contribution in [3.8, 4) is 0 Å². The van der Waals surface area contributed by atoms with E-state index in [0.717, 1.165) is 0 Å². The second kappa shape index (κ2) is 5.01. The van der Waals surface area contributed by atoms with E-state index < -0.39 is 11.9 Å². The summed E-state index contributed by atoms with van der Waals surface area (Å²) in [6.45, 7) is 0. The zero-order valence-corrected chi connectivity index (χ0v) is 10.4. The first-order chi connectivity index (χ1) is 9.75. The van der Waals surface area contributed by atoms with E-state index in [0.29, 0.717) is 22.1 Å². The van der Waals surface area contributed by atoms with Gasteiger partial charge in [0.15, 0.2) is 0 Å². The van der Waals surface area contributed by atoms with Crippen molar-refractivity contribution in [3.05, 3.63) is 72.0 Å². The van der Waals surface area contributed by atoms with Crippen molar-refractivity contribution in [1.82, 2.24) is 0 Å². The molecule has 0 aliphatic heterocycles. The van der Waals surface area contributed by atoms with Gasteiger partial charge in [-0.15, -0.1) is 0 Å². The lowest BCUT2D eigenvalue weighted by molar-refractivity contribution is 0.0399. The van der Waals surface area contributed by atoms with Gasteiger partial charge in [0.2, 0.25) is 0 Å². The summed E-state index contributed by atoms with van der Waals surface area (Å²) in [6.07, 6.45) is 1.49. The maximum Gasteiger partial charge on any atom is 0.346 e. The SMILES string of the molecule is O=C(OC(=O)c1cccc2occc12)c1ccccc1. The van der Waals surface area contributed by atoms with Gasteiger partial charge in [0.05, 0.1) is 17.4 Å². The van der Waals surface area contributed by atoms with Crippen LogP contribution in [0.15, 0.2) is 65.3 Å². The van der Waals surface area contributed by atoms with Crippen LogP contribution in [0.1, 0.15) is 20.7 Å². The van der Waals surface area contributed by atoms with E-state index in [1.165, 1.54) is 6.26 Å². The van der Waals surface area contributed by atoms with E-state index in [9.17, 15) is 9.59 Å². The van der Waals surface area contributed by atoms with Gasteiger partial charge in [0.25, 0.3) is 0 Å². The summed E-state index contributed by atoms with van der Waals surface area (Å²) in [5, 5.41) is 0.623. The van der Waals surface area contributed by atoms with Crippen molar-refractivity contribution in [2.24, 2.45) is 0 Å². The molecule has 0 saturated heterocycles. The second-order valence-electron chi connectivity index (χ2n) is 4.18. The van der Waals surface area contributed by atoms with Gasteiger partial charge in [-0.05, 0) is 30.3 Å². The third-order valence-electron chi connectivity index (χ3n) is 2.91. The Balaban J connectivity index is 1.87. The molecule has 0 fully saturated rings. The zero-order chi connectivity index (χ0) is 13.9. The van der Waals surface area contributed by atoms with Gasteiger partial charge in [-0.25, -0.2) is 9.59 Å². The Morgan fingerprint density at radius 2 is 1.65 bits per heavy atom. The predicted octanol–water partition coefficient (Wildman–Crippen LogP) is 3.43. The minimum absolute atomic E-state index is 0.306. The lowest BCUT2D eigenvalue weighted by atomic mass is 10.1. The van der Waals surface area contributed by atoms with E-state index in [-0.39, 0.29) is 0 Å². The lowest BCUT2D eigenvalue weighted by Crippen LogP contribution is -2.12. The maximum atomic E-state index is 12.1. The quantitative estimate of drug-likeness (QED) is 0.526. The van der Waals surface area contributed by atoms with Gasteiger partial charge in [0.1, 0.15) is 5.58 Å². The molecule has 0 amide bonds. The van der Waals surface area contributed by atoms with Crippen molar-refractivity contribution in [3.63, 3.8) is 0 Å². The van der Waals surface area contributed by atoms with Gasteiger partial charge in [-0.2, -0.15) is 0 Å². The number of benzene rings is 2. The minimum Gasteiger partial charge on any atom is -0.464 e. The van der Waals surface area contributed by atoms with Gasteiger partial charge in [0, 0.05) is 5.39 Å². The number of hydrogen-bond donors (Lipinski definition) is 0. The van der Waals surface area contributed by atoms with Crippen LogP contribution in [0.25, 0.3) is 11.0 Å². The van der Waals surface area contributed by atoms with Crippen LogP contribution >= 0.6 is 0 Å².